The number of carbonyl (C=O) groups excluding carboxylic acids is 2. The first-order valence-corrected chi connectivity index (χ1v) is 9.24. The van der Waals surface area contributed by atoms with Crippen molar-refractivity contribution < 1.29 is 28.5 Å². The fourth-order valence-electron chi connectivity index (χ4n) is 1.95. The third-order valence-electron chi connectivity index (χ3n) is 2.90. The molecular weight excluding hydrogens is 364 g/mol. The second kappa shape index (κ2) is 10.6. The van der Waals surface area contributed by atoms with E-state index in [1.54, 1.807) is 53.7 Å². The molecule has 2 amide bonds. The van der Waals surface area contributed by atoms with Gasteiger partial charge in [-0.2, -0.15) is 0 Å². The van der Waals surface area contributed by atoms with E-state index in [0.717, 1.165) is 0 Å². The van der Waals surface area contributed by atoms with Crippen molar-refractivity contribution in [2.24, 2.45) is 0 Å². The Bertz CT molecular complexity index is 579. The molecule has 1 aromatic carbocycles. The standard InChI is InChI=1S/C20H32N2O6/c1-19(2,3)27-17(23)21-11-13-25-15-9-7-8-10-16(15)26-14-12-22-18(24)28-20(4,5)6/h7-10H,11-14H2,1-6H3,(H,21,23)(H,22,24). The van der Waals surface area contributed by atoms with Gasteiger partial charge in [0, 0.05) is 0 Å². The van der Waals surface area contributed by atoms with Crippen molar-refractivity contribution in [2.45, 2.75) is 52.7 Å². The average Bonchev–Trinajstić information content (AvgIpc) is 2.53. The van der Waals surface area contributed by atoms with Crippen LogP contribution >= 0.6 is 0 Å². The number of amides is 2. The third kappa shape index (κ3) is 11.2. The number of para-hydroxylation sites is 2. The van der Waals surface area contributed by atoms with E-state index < -0.39 is 23.4 Å². The van der Waals surface area contributed by atoms with Gasteiger partial charge in [0.2, 0.25) is 0 Å². The van der Waals surface area contributed by atoms with Crippen molar-refractivity contribution in [2.75, 3.05) is 26.3 Å². The van der Waals surface area contributed by atoms with Crippen LogP contribution < -0.4 is 20.1 Å². The van der Waals surface area contributed by atoms with Crippen molar-refractivity contribution in [3.05, 3.63) is 24.3 Å². The van der Waals surface area contributed by atoms with E-state index in [-0.39, 0.29) is 13.2 Å². The average molecular weight is 396 g/mol. The Hall–Kier alpha value is -2.64. The smallest absolute Gasteiger partial charge is 0.407 e. The molecule has 0 saturated heterocycles. The molecule has 8 nitrogen and oxygen atoms in total. The highest BCUT2D eigenvalue weighted by atomic mass is 16.6. The summed E-state index contributed by atoms with van der Waals surface area (Å²) in [5.74, 6) is 1.09. The highest BCUT2D eigenvalue weighted by Crippen LogP contribution is 2.26. The van der Waals surface area contributed by atoms with Gasteiger partial charge in [-0.25, -0.2) is 9.59 Å². The lowest BCUT2D eigenvalue weighted by Gasteiger charge is -2.20. The highest BCUT2D eigenvalue weighted by molar-refractivity contribution is 5.67. The number of benzene rings is 1. The molecule has 0 spiro atoms. The van der Waals surface area contributed by atoms with Crippen molar-refractivity contribution in [3.63, 3.8) is 0 Å². The minimum Gasteiger partial charge on any atom is -0.488 e. The van der Waals surface area contributed by atoms with Crippen molar-refractivity contribution in [1.82, 2.24) is 10.6 Å². The van der Waals surface area contributed by atoms with Gasteiger partial charge in [0.1, 0.15) is 24.4 Å². The Labute approximate surface area is 166 Å². The fraction of sp³-hybridized carbons (Fsp3) is 0.600. The Kier molecular flexibility index (Phi) is 8.88. The molecule has 2 N–H and O–H groups in total. The summed E-state index contributed by atoms with van der Waals surface area (Å²) in [7, 11) is 0. The van der Waals surface area contributed by atoms with Crippen LogP contribution in [0.3, 0.4) is 0 Å². The van der Waals surface area contributed by atoms with E-state index in [2.05, 4.69) is 10.6 Å². The van der Waals surface area contributed by atoms with Gasteiger partial charge in [0.25, 0.3) is 0 Å². The molecule has 0 fully saturated rings. The second-order valence-electron chi connectivity index (χ2n) is 8.00. The first-order chi connectivity index (χ1) is 13.0. The molecule has 1 aromatic rings. The third-order valence-corrected chi connectivity index (χ3v) is 2.90. The maximum atomic E-state index is 11.6. The number of ether oxygens (including phenoxy) is 4. The molecule has 0 unspecified atom stereocenters. The molecule has 0 heterocycles. The van der Waals surface area contributed by atoms with Gasteiger partial charge in [0.05, 0.1) is 13.1 Å². The predicted molar refractivity (Wildman–Crippen MR) is 106 cm³/mol. The van der Waals surface area contributed by atoms with Gasteiger partial charge < -0.3 is 29.6 Å². The fourth-order valence-corrected chi connectivity index (χ4v) is 1.95. The predicted octanol–water partition coefficient (Wildman–Crippen LogP) is 3.49. The molecule has 1 rings (SSSR count). The van der Waals surface area contributed by atoms with Gasteiger partial charge in [-0.15, -0.1) is 0 Å². The van der Waals surface area contributed by atoms with Gasteiger partial charge in [-0.3, -0.25) is 0 Å². The Morgan fingerprint density at radius 2 is 1.11 bits per heavy atom. The van der Waals surface area contributed by atoms with Crippen LogP contribution in [0.4, 0.5) is 9.59 Å². The Balaban J connectivity index is 2.34. The van der Waals surface area contributed by atoms with Crippen LogP contribution in [-0.4, -0.2) is 49.7 Å². The normalized spacial score (nSPS) is 11.4. The lowest BCUT2D eigenvalue weighted by atomic mass is 10.2. The number of rotatable bonds is 8. The summed E-state index contributed by atoms with van der Waals surface area (Å²) >= 11 is 0. The van der Waals surface area contributed by atoms with E-state index in [0.29, 0.717) is 24.6 Å². The summed E-state index contributed by atoms with van der Waals surface area (Å²) in [5.41, 5.74) is -1.09. The van der Waals surface area contributed by atoms with Crippen LogP contribution in [0, 0.1) is 0 Å². The van der Waals surface area contributed by atoms with Crippen LogP contribution in [0.2, 0.25) is 0 Å². The van der Waals surface area contributed by atoms with Gasteiger partial charge in [0.15, 0.2) is 11.5 Å². The zero-order valence-electron chi connectivity index (χ0n) is 17.6. The van der Waals surface area contributed by atoms with E-state index in [9.17, 15) is 9.59 Å². The topological polar surface area (TPSA) is 95.1 Å². The summed E-state index contributed by atoms with van der Waals surface area (Å²) < 4.78 is 21.6. The molecule has 0 saturated carbocycles. The summed E-state index contributed by atoms with van der Waals surface area (Å²) in [5, 5.41) is 5.25. The molecule has 8 heteroatoms. The quantitative estimate of drug-likeness (QED) is 0.653. The van der Waals surface area contributed by atoms with Crippen LogP contribution in [0.25, 0.3) is 0 Å². The van der Waals surface area contributed by atoms with Gasteiger partial charge in [-0.1, -0.05) is 12.1 Å². The number of carbonyl (C=O) groups is 2. The van der Waals surface area contributed by atoms with E-state index in [1.165, 1.54) is 0 Å². The van der Waals surface area contributed by atoms with Crippen LogP contribution in [-0.2, 0) is 9.47 Å². The van der Waals surface area contributed by atoms with Crippen molar-refractivity contribution in [1.29, 1.82) is 0 Å². The molecule has 0 atom stereocenters. The Morgan fingerprint density at radius 1 is 0.750 bits per heavy atom. The molecule has 158 valence electrons. The second-order valence-corrected chi connectivity index (χ2v) is 8.00. The molecule has 0 aromatic heterocycles. The highest BCUT2D eigenvalue weighted by Gasteiger charge is 2.16. The minimum atomic E-state index is -0.543. The monoisotopic (exact) mass is 396 g/mol. The van der Waals surface area contributed by atoms with E-state index in [4.69, 9.17) is 18.9 Å². The zero-order valence-corrected chi connectivity index (χ0v) is 17.6. The first-order valence-electron chi connectivity index (χ1n) is 9.24. The van der Waals surface area contributed by atoms with E-state index in [1.807, 2.05) is 12.1 Å². The maximum absolute atomic E-state index is 11.6. The molecule has 0 aliphatic rings. The van der Waals surface area contributed by atoms with Crippen LogP contribution in [0.5, 0.6) is 11.5 Å². The first kappa shape index (κ1) is 23.4. The van der Waals surface area contributed by atoms with E-state index >= 15 is 0 Å². The lowest BCUT2D eigenvalue weighted by Crippen LogP contribution is -2.35. The number of alkyl carbamates (subject to hydrolysis) is 2. The summed E-state index contributed by atoms with van der Waals surface area (Å²) in [6, 6.07) is 7.18. The zero-order chi connectivity index (χ0) is 21.2. The largest absolute Gasteiger partial charge is 0.488 e. The maximum Gasteiger partial charge on any atom is 0.407 e. The van der Waals surface area contributed by atoms with Crippen LogP contribution in [0.15, 0.2) is 24.3 Å². The van der Waals surface area contributed by atoms with Crippen LogP contribution in [0.1, 0.15) is 41.5 Å². The molecule has 28 heavy (non-hydrogen) atoms. The summed E-state index contributed by atoms with van der Waals surface area (Å²) in [6.45, 7) is 11.9. The lowest BCUT2D eigenvalue weighted by molar-refractivity contribution is 0.0507. The molecule has 0 aliphatic carbocycles. The Morgan fingerprint density at radius 3 is 1.43 bits per heavy atom. The SMILES string of the molecule is CC(C)(C)OC(=O)NCCOc1ccccc1OCCNC(=O)OC(C)(C)C. The molecule has 0 bridgehead atoms. The number of hydrogen-bond acceptors (Lipinski definition) is 6. The van der Waals surface area contributed by atoms with Gasteiger partial charge >= 0.3 is 12.2 Å². The summed E-state index contributed by atoms with van der Waals surface area (Å²) in [4.78, 5) is 23.2. The van der Waals surface area contributed by atoms with Crippen molar-refractivity contribution in [3.8, 4) is 11.5 Å². The number of nitrogens with one attached hydrogen (secondary N) is 2. The molecule has 0 aliphatic heterocycles. The molecular formula is C20H32N2O6. The minimum absolute atomic E-state index is 0.260. The van der Waals surface area contributed by atoms with Gasteiger partial charge in [-0.05, 0) is 53.7 Å². The number of hydrogen-bond donors (Lipinski definition) is 2. The summed E-state index contributed by atoms with van der Waals surface area (Å²) in [6.07, 6.45) is -0.984. The van der Waals surface area contributed by atoms with Crippen molar-refractivity contribution >= 4 is 12.2 Å². The molecule has 0 radical (unpaired) electrons.